The van der Waals surface area contributed by atoms with Gasteiger partial charge in [-0.05, 0) is 56.7 Å². The number of anilines is 1. The van der Waals surface area contributed by atoms with Crippen molar-refractivity contribution < 1.29 is 19.4 Å². The predicted molar refractivity (Wildman–Crippen MR) is 104 cm³/mol. The normalized spacial score (nSPS) is 18.7. The van der Waals surface area contributed by atoms with E-state index in [9.17, 15) is 14.7 Å². The number of rotatable bonds is 6. The Hall–Kier alpha value is -2.37. The van der Waals surface area contributed by atoms with E-state index in [1.807, 2.05) is 38.1 Å². The Morgan fingerprint density at radius 1 is 1.22 bits per heavy atom. The quantitative estimate of drug-likeness (QED) is 0.817. The van der Waals surface area contributed by atoms with E-state index < -0.39 is 11.5 Å². The van der Waals surface area contributed by atoms with Gasteiger partial charge in [0.25, 0.3) is 5.91 Å². The largest absolute Gasteiger partial charge is 0.491 e. The zero-order valence-electron chi connectivity index (χ0n) is 15.5. The first-order chi connectivity index (χ1) is 12.7. The number of amides is 1. The second-order valence-electron chi connectivity index (χ2n) is 7.10. The molecule has 1 heterocycles. The van der Waals surface area contributed by atoms with Crippen molar-refractivity contribution >= 4 is 29.0 Å². The molecule has 0 saturated carbocycles. The number of fused-ring (bicyclic) bond motifs is 1. The van der Waals surface area contributed by atoms with Gasteiger partial charge in [0.15, 0.2) is 5.60 Å². The van der Waals surface area contributed by atoms with E-state index in [4.69, 9.17) is 16.3 Å². The lowest BCUT2D eigenvalue weighted by atomic mass is 9.90. The molecule has 1 atom stereocenters. The summed E-state index contributed by atoms with van der Waals surface area (Å²) in [4.78, 5) is 26.2. The minimum absolute atomic E-state index is 0.0780. The summed E-state index contributed by atoms with van der Waals surface area (Å²) in [6.07, 6.45) is -0.203. The first-order valence-electron chi connectivity index (χ1n) is 8.80. The van der Waals surface area contributed by atoms with Crippen molar-refractivity contribution in [2.75, 3.05) is 4.90 Å². The second kappa shape index (κ2) is 7.33. The summed E-state index contributed by atoms with van der Waals surface area (Å²) in [5.41, 5.74) is -0.0645. The molecule has 1 N–H and O–H groups in total. The van der Waals surface area contributed by atoms with E-state index in [0.29, 0.717) is 16.3 Å². The molecule has 0 aromatic heterocycles. The molecule has 1 aliphatic heterocycles. The van der Waals surface area contributed by atoms with Crippen LogP contribution in [0.4, 0.5) is 5.69 Å². The van der Waals surface area contributed by atoms with E-state index in [1.165, 1.54) is 11.8 Å². The smallest absolute Gasteiger partial charge is 0.264 e. The zero-order valence-corrected chi connectivity index (χ0v) is 16.3. The van der Waals surface area contributed by atoms with Gasteiger partial charge >= 0.3 is 0 Å². The highest BCUT2D eigenvalue weighted by Crippen LogP contribution is 2.44. The number of aliphatic hydroxyl groups is 1. The number of benzene rings is 2. The summed E-state index contributed by atoms with van der Waals surface area (Å²) in [5.74, 6) is -0.0342. The Morgan fingerprint density at radius 2 is 1.89 bits per heavy atom. The number of carbonyl (C=O) groups excluding carboxylic acids is 2. The highest BCUT2D eigenvalue weighted by molar-refractivity contribution is 6.31. The Kier molecular flexibility index (Phi) is 5.27. The van der Waals surface area contributed by atoms with Crippen LogP contribution in [-0.2, 0) is 21.7 Å². The van der Waals surface area contributed by atoms with Crippen molar-refractivity contribution in [1.82, 2.24) is 0 Å². The summed E-state index contributed by atoms with van der Waals surface area (Å²) < 4.78 is 5.63. The molecule has 2 aromatic carbocycles. The van der Waals surface area contributed by atoms with Gasteiger partial charge < -0.3 is 14.7 Å². The molecular formula is C21H22ClNO4. The van der Waals surface area contributed by atoms with Gasteiger partial charge in [0, 0.05) is 17.0 Å². The lowest BCUT2D eigenvalue weighted by Crippen LogP contribution is -2.41. The van der Waals surface area contributed by atoms with Crippen LogP contribution in [0.1, 0.15) is 38.3 Å². The van der Waals surface area contributed by atoms with Crippen LogP contribution >= 0.6 is 11.6 Å². The van der Waals surface area contributed by atoms with Crippen LogP contribution in [0.2, 0.25) is 5.02 Å². The molecule has 3 rings (SSSR count). The molecule has 1 aliphatic rings. The van der Waals surface area contributed by atoms with E-state index in [-0.39, 0.29) is 24.9 Å². The molecular weight excluding hydrogens is 366 g/mol. The maximum absolute atomic E-state index is 13.0. The molecule has 2 aromatic rings. The van der Waals surface area contributed by atoms with Crippen molar-refractivity contribution in [3.63, 3.8) is 0 Å². The Bertz CT molecular complexity index is 878. The zero-order chi connectivity index (χ0) is 19.8. The van der Waals surface area contributed by atoms with Gasteiger partial charge in [-0.2, -0.15) is 0 Å². The lowest BCUT2D eigenvalue weighted by molar-refractivity contribution is -0.141. The third kappa shape index (κ3) is 3.84. The van der Waals surface area contributed by atoms with Crippen molar-refractivity contribution in [3.8, 4) is 5.75 Å². The van der Waals surface area contributed by atoms with E-state index in [1.54, 1.807) is 18.2 Å². The minimum Gasteiger partial charge on any atom is -0.491 e. The molecule has 1 unspecified atom stereocenters. The topological polar surface area (TPSA) is 66.8 Å². The van der Waals surface area contributed by atoms with Crippen LogP contribution in [0.5, 0.6) is 5.75 Å². The lowest BCUT2D eigenvalue weighted by Gasteiger charge is -2.22. The number of ether oxygens (including phenoxy) is 1. The monoisotopic (exact) mass is 387 g/mol. The summed E-state index contributed by atoms with van der Waals surface area (Å²) >= 11 is 6.06. The van der Waals surface area contributed by atoms with Crippen LogP contribution in [0.3, 0.4) is 0 Å². The average molecular weight is 388 g/mol. The van der Waals surface area contributed by atoms with Gasteiger partial charge in [0.2, 0.25) is 0 Å². The van der Waals surface area contributed by atoms with Gasteiger partial charge in [-0.25, -0.2) is 0 Å². The van der Waals surface area contributed by atoms with Crippen LogP contribution in [0, 0.1) is 0 Å². The van der Waals surface area contributed by atoms with Gasteiger partial charge in [-0.3, -0.25) is 9.59 Å². The third-order valence-corrected chi connectivity index (χ3v) is 4.67. The average Bonchev–Trinajstić information content (AvgIpc) is 2.77. The maximum Gasteiger partial charge on any atom is 0.264 e. The van der Waals surface area contributed by atoms with Crippen molar-refractivity contribution in [2.24, 2.45) is 0 Å². The van der Waals surface area contributed by atoms with Gasteiger partial charge in [-0.15, -0.1) is 0 Å². The van der Waals surface area contributed by atoms with Crippen molar-refractivity contribution in [2.45, 2.75) is 45.4 Å². The van der Waals surface area contributed by atoms with Crippen LogP contribution < -0.4 is 9.64 Å². The molecule has 0 aliphatic carbocycles. The number of nitrogens with zero attached hydrogens (tertiary/aromatic N) is 1. The molecule has 0 radical (unpaired) electrons. The Morgan fingerprint density at radius 3 is 2.48 bits per heavy atom. The van der Waals surface area contributed by atoms with Gasteiger partial charge in [0.1, 0.15) is 11.5 Å². The fourth-order valence-corrected chi connectivity index (χ4v) is 3.51. The first kappa shape index (κ1) is 19.4. The molecule has 5 nitrogen and oxygen atoms in total. The fourth-order valence-electron chi connectivity index (χ4n) is 3.34. The molecule has 0 fully saturated rings. The van der Waals surface area contributed by atoms with E-state index in [0.717, 1.165) is 11.3 Å². The minimum atomic E-state index is -1.88. The predicted octanol–water partition coefficient (Wildman–Crippen LogP) is 3.84. The molecule has 0 bridgehead atoms. The Labute approximate surface area is 163 Å². The summed E-state index contributed by atoms with van der Waals surface area (Å²) in [7, 11) is 0. The van der Waals surface area contributed by atoms with Crippen molar-refractivity contribution in [3.05, 3.63) is 58.6 Å². The number of halogens is 1. The van der Waals surface area contributed by atoms with Crippen molar-refractivity contribution in [1.29, 1.82) is 0 Å². The summed E-state index contributed by atoms with van der Waals surface area (Å²) in [6, 6.07) is 12.4. The number of Topliss-reactive ketones (excluding diaryl/α,β-unsaturated/α-hetero) is 1. The standard InChI is InChI=1S/C21H22ClNO4/c1-13(2)27-17-7-4-15(5-8-17)12-23-19-9-6-16(22)10-18(19)21(26,20(23)25)11-14(3)24/h4-10,13,26H,11-12H2,1-3H3. The maximum atomic E-state index is 13.0. The summed E-state index contributed by atoms with van der Waals surface area (Å²) in [6.45, 7) is 5.53. The molecule has 0 saturated heterocycles. The van der Waals surface area contributed by atoms with Gasteiger partial charge in [0.05, 0.1) is 18.3 Å². The number of hydrogen-bond donors (Lipinski definition) is 1. The number of ketones is 1. The fraction of sp³-hybridized carbons (Fsp3) is 0.333. The molecule has 6 heteroatoms. The number of hydrogen-bond acceptors (Lipinski definition) is 4. The second-order valence-corrected chi connectivity index (χ2v) is 7.54. The first-order valence-corrected chi connectivity index (χ1v) is 9.18. The molecule has 27 heavy (non-hydrogen) atoms. The molecule has 1 amide bonds. The number of carbonyl (C=O) groups is 2. The summed E-state index contributed by atoms with van der Waals surface area (Å²) in [5, 5.41) is 11.4. The highest BCUT2D eigenvalue weighted by atomic mass is 35.5. The van der Waals surface area contributed by atoms with Crippen LogP contribution in [-0.4, -0.2) is 22.9 Å². The Balaban J connectivity index is 1.92. The third-order valence-electron chi connectivity index (χ3n) is 4.43. The molecule has 142 valence electrons. The molecule has 0 spiro atoms. The van der Waals surface area contributed by atoms with Gasteiger partial charge in [-0.1, -0.05) is 23.7 Å². The van der Waals surface area contributed by atoms with E-state index >= 15 is 0 Å². The van der Waals surface area contributed by atoms with Crippen LogP contribution in [0.25, 0.3) is 0 Å². The SMILES string of the molecule is CC(=O)CC1(O)C(=O)N(Cc2ccc(OC(C)C)cc2)c2ccc(Cl)cc21. The highest BCUT2D eigenvalue weighted by Gasteiger charge is 2.50. The van der Waals surface area contributed by atoms with Crippen LogP contribution in [0.15, 0.2) is 42.5 Å². The van der Waals surface area contributed by atoms with E-state index in [2.05, 4.69) is 0 Å².